The zero-order valence-electron chi connectivity index (χ0n) is 14.5. The summed E-state index contributed by atoms with van der Waals surface area (Å²) in [6, 6.07) is 7.07. The van der Waals surface area contributed by atoms with Gasteiger partial charge in [-0.15, -0.1) is 0 Å². The number of nitrogens with zero attached hydrogens (tertiary/aromatic N) is 2. The SMILES string of the molecule is COC(=O)Nc1nc2c(s1)CN(C(=O)COc1ccc(OC)cc1)CC2. The number of rotatable bonds is 5. The van der Waals surface area contributed by atoms with Crippen molar-refractivity contribution in [2.45, 2.75) is 13.0 Å². The Morgan fingerprint density at radius 2 is 1.96 bits per heavy atom. The Morgan fingerprint density at radius 1 is 1.23 bits per heavy atom. The van der Waals surface area contributed by atoms with E-state index in [1.165, 1.54) is 18.4 Å². The Balaban J connectivity index is 1.55. The average Bonchev–Trinajstić information content (AvgIpc) is 3.07. The second kappa shape index (κ2) is 8.05. The van der Waals surface area contributed by atoms with Crippen LogP contribution < -0.4 is 14.8 Å². The van der Waals surface area contributed by atoms with E-state index in [1.54, 1.807) is 36.3 Å². The first-order valence-corrected chi connectivity index (χ1v) is 8.79. The van der Waals surface area contributed by atoms with Crippen molar-refractivity contribution in [2.24, 2.45) is 0 Å². The Bertz CT molecular complexity index is 790. The van der Waals surface area contributed by atoms with Crippen molar-refractivity contribution in [3.05, 3.63) is 34.8 Å². The van der Waals surface area contributed by atoms with Crippen molar-refractivity contribution < 1.29 is 23.8 Å². The predicted octanol–water partition coefficient (Wildman–Crippen LogP) is 2.29. The van der Waals surface area contributed by atoms with Gasteiger partial charge in [0.1, 0.15) is 11.5 Å². The molecular weight excluding hydrogens is 358 g/mol. The maximum Gasteiger partial charge on any atom is 0.413 e. The lowest BCUT2D eigenvalue weighted by atomic mass is 10.2. The molecule has 0 bridgehead atoms. The molecule has 8 nitrogen and oxygen atoms in total. The highest BCUT2D eigenvalue weighted by molar-refractivity contribution is 7.15. The summed E-state index contributed by atoms with van der Waals surface area (Å²) in [4.78, 5) is 30.7. The number of anilines is 1. The minimum atomic E-state index is -0.558. The summed E-state index contributed by atoms with van der Waals surface area (Å²) >= 11 is 1.35. The molecule has 0 fully saturated rings. The number of carbonyl (C=O) groups excluding carboxylic acids is 2. The number of ether oxygens (including phenoxy) is 3. The summed E-state index contributed by atoms with van der Waals surface area (Å²) in [6.07, 6.45) is 0.0834. The number of thiazole rings is 1. The number of hydrogen-bond acceptors (Lipinski definition) is 7. The summed E-state index contributed by atoms with van der Waals surface area (Å²) in [5.41, 5.74) is 0.904. The number of amides is 2. The lowest BCUT2D eigenvalue weighted by molar-refractivity contribution is -0.134. The summed E-state index contributed by atoms with van der Waals surface area (Å²) in [5.74, 6) is 1.25. The van der Waals surface area contributed by atoms with Crippen molar-refractivity contribution >= 4 is 28.5 Å². The van der Waals surface area contributed by atoms with E-state index in [2.05, 4.69) is 15.0 Å². The van der Waals surface area contributed by atoms with Gasteiger partial charge in [-0.2, -0.15) is 0 Å². The quantitative estimate of drug-likeness (QED) is 0.860. The zero-order valence-corrected chi connectivity index (χ0v) is 15.3. The van der Waals surface area contributed by atoms with Gasteiger partial charge in [0.05, 0.1) is 26.5 Å². The number of nitrogens with one attached hydrogen (secondary N) is 1. The Kier molecular flexibility index (Phi) is 5.57. The Hall–Kier alpha value is -2.81. The van der Waals surface area contributed by atoms with Crippen molar-refractivity contribution in [1.29, 1.82) is 0 Å². The molecule has 138 valence electrons. The lowest BCUT2D eigenvalue weighted by Crippen LogP contribution is -2.38. The van der Waals surface area contributed by atoms with Crippen LogP contribution in [-0.2, 0) is 22.5 Å². The van der Waals surface area contributed by atoms with E-state index in [0.29, 0.717) is 30.4 Å². The number of fused-ring (bicyclic) bond motifs is 1. The zero-order chi connectivity index (χ0) is 18.5. The first-order valence-electron chi connectivity index (χ1n) is 7.97. The Labute approximate surface area is 154 Å². The molecule has 0 unspecified atom stereocenters. The van der Waals surface area contributed by atoms with Gasteiger partial charge in [-0.25, -0.2) is 9.78 Å². The van der Waals surface area contributed by atoms with Gasteiger partial charge in [-0.1, -0.05) is 11.3 Å². The fraction of sp³-hybridized carbons (Fsp3) is 0.353. The van der Waals surface area contributed by atoms with E-state index in [9.17, 15) is 9.59 Å². The van der Waals surface area contributed by atoms with Gasteiger partial charge in [0.15, 0.2) is 11.7 Å². The van der Waals surface area contributed by atoms with Crippen LogP contribution in [0.15, 0.2) is 24.3 Å². The number of methoxy groups -OCH3 is 2. The van der Waals surface area contributed by atoms with Crippen LogP contribution in [0.3, 0.4) is 0 Å². The number of benzene rings is 1. The molecule has 0 radical (unpaired) electrons. The molecule has 1 aliphatic rings. The van der Waals surface area contributed by atoms with Crippen LogP contribution in [0.4, 0.5) is 9.93 Å². The van der Waals surface area contributed by atoms with Crippen molar-refractivity contribution in [3.63, 3.8) is 0 Å². The Morgan fingerprint density at radius 3 is 2.65 bits per heavy atom. The molecule has 2 amide bonds. The van der Waals surface area contributed by atoms with Gasteiger partial charge < -0.3 is 19.1 Å². The van der Waals surface area contributed by atoms with Crippen molar-refractivity contribution in [3.8, 4) is 11.5 Å². The molecule has 0 saturated carbocycles. The summed E-state index contributed by atoms with van der Waals surface area (Å²) < 4.78 is 15.2. The standard InChI is InChI=1S/C17H19N3O5S/c1-23-11-3-5-12(6-4-11)25-10-15(21)20-8-7-13-14(9-20)26-16(18-13)19-17(22)24-2/h3-6H,7-10H2,1-2H3,(H,18,19,22). The van der Waals surface area contributed by atoms with E-state index < -0.39 is 6.09 Å². The van der Waals surface area contributed by atoms with Gasteiger partial charge in [-0.3, -0.25) is 10.1 Å². The number of carbonyl (C=O) groups is 2. The van der Waals surface area contributed by atoms with Crippen LogP contribution in [0.1, 0.15) is 10.6 Å². The molecule has 26 heavy (non-hydrogen) atoms. The normalized spacial score (nSPS) is 12.9. The average molecular weight is 377 g/mol. The van der Waals surface area contributed by atoms with Gasteiger partial charge in [0.2, 0.25) is 0 Å². The third-order valence-electron chi connectivity index (χ3n) is 3.90. The van der Waals surface area contributed by atoms with Crippen molar-refractivity contribution in [2.75, 3.05) is 32.7 Å². The summed E-state index contributed by atoms with van der Waals surface area (Å²) in [5, 5.41) is 3.03. The smallest absolute Gasteiger partial charge is 0.413 e. The van der Waals surface area contributed by atoms with Crippen LogP contribution in [-0.4, -0.2) is 49.3 Å². The van der Waals surface area contributed by atoms with Gasteiger partial charge in [0.25, 0.3) is 5.91 Å². The molecule has 0 aliphatic carbocycles. The van der Waals surface area contributed by atoms with E-state index in [0.717, 1.165) is 16.3 Å². The molecule has 1 aromatic heterocycles. The minimum Gasteiger partial charge on any atom is -0.497 e. The third kappa shape index (κ3) is 4.23. The van der Waals surface area contributed by atoms with Crippen LogP contribution in [0.5, 0.6) is 11.5 Å². The maximum atomic E-state index is 12.4. The third-order valence-corrected chi connectivity index (χ3v) is 4.90. The van der Waals surface area contributed by atoms with Crippen molar-refractivity contribution in [1.82, 2.24) is 9.88 Å². The summed E-state index contributed by atoms with van der Waals surface area (Å²) in [7, 11) is 2.89. The van der Waals surface area contributed by atoms with Crippen LogP contribution >= 0.6 is 11.3 Å². The monoisotopic (exact) mass is 377 g/mol. The predicted molar refractivity (Wildman–Crippen MR) is 95.8 cm³/mol. The molecule has 0 spiro atoms. The molecule has 1 aliphatic heterocycles. The van der Waals surface area contributed by atoms with Crippen LogP contribution in [0.25, 0.3) is 0 Å². The first-order chi connectivity index (χ1) is 12.6. The van der Waals surface area contributed by atoms with E-state index in [-0.39, 0.29) is 12.5 Å². The number of hydrogen-bond donors (Lipinski definition) is 1. The lowest BCUT2D eigenvalue weighted by Gasteiger charge is -2.26. The summed E-state index contributed by atoms with van der Waals surface area (Å²) in [6.45, 7) is 0.994. The minimum absolute atomic E-state index is 0.0340. The van der Waals surface area contributed by atoms with Crippen LogP contribution in [0.2, 0.25) is 0 Å². The maximum absolute atomic E-state index is 12.4. The fourth-order valence-electron chi connectivity index (χ4n) is 2.51. The molecule has 9 heteroatoms. The molecule has 1 N–H and O–H groups in total. The molecule has 3 rings (SSSR count). The fourth-order valence-corrected chi connectivity index (χ4v) is 3.52. The van der Waals surface area contributed by atoms with E-state index >= 15 is 0 Å². The van der Waals surface area contributed by atoms with E-state index in [4.69, 9.17) is 9.47 Å². The second-order valence-electron chi connectivity index (χ2n) is 5.53. The van der Waals surface area contributed by atoms with Gasteiger partial charge in [0, 0.05) is 17.8 Å². The highest BCUT2D eigenvalue weighted by Gasteiger charge is 2.24. The second-order valence-corrected chi connectivity index (χ2v) is 6.62. The molecular formula is C17H19N3O5S. The molecule has 1 aromatic carbocycles. The number of aromatic nitrogens is 1. The molecule has 2 heterocycles. The molecule has 0 saturated heterocycles. The highest BCUT2D eigenvalue weighted by atomic mass is 32.1. The highest BCUT2D eigenvalue weighted by Crippen LogP contribution is 2.28. The first kappa shape index (κ1) is 18.0. The topological polar surface area (TPSA) is 90.0 Å². The van der Waals surface area contributed by atoms with Crippen LogP contribution in [0, 0.1) is 0 Å². The molecule has 2 aromatic rings. The van der Waals surface area contributed by atoms with E-state index in [1.807, 2.05) is 0 Å². The van der Waals surface area contributed by atoms with Gasteiger partial charge in [-0.05, 0) is 24.3 Å². The largest absolute Gasteiger partial charge is 0.497 e. The molecule has 0 atom stereocenters. The van der Waals surface area contributed by atoms with Gasteiger partial charge >= 0.3 is 6.09 Å².